The molecule has 1 unspecified atom stereocenters. The number of nitrogens with zero attached hydrogens (tertiary/aromatic N) is 3. The van der Waals surface area contributed by atoms with Crippen LogP contribution in [0.5, 0.6) is 0 Å². The normalized spacial score (nSPS) is 12.7. The summed E-state index contributed by atoms with van der Waals surface area (Å²) >= 11 is 0. The van der Waals surface area contributed by atoms with Gasteiger partial charge < -0.3 is 0 Å². The van der Waals surface area contributed by atoms with E-state index < -0.39 is 23.5 Å². The van der Waals surface area contributed by atoms with Crippen LogP contribution in [0.4, 0.5) is 13.2 Å². The number of nitrogens with one attached hydrogen (secondary N) is 1. The molecule has 108 valence electrons. The third kappa shape index (κ3) is 2.66. The molecular formula is C12H14F3N5. The zero-order valence-electron chi connectivity index (χ0n) is 10.8. The summed E-state index contributed by atoms with van der Waals surface area (Å²) in [7, 11) is 0. The molecule has 20 heavy (non-hydrogen) atoms. The lowest BCUT2D eigenvalue weighted by Gasteiger charge is -2.17. The van der Waals surface area contributed by atoms with Gasteiger partial charge in [0.25, 0.3) is 0 Å². The Morgan fingerprint density at radius 1 is 1.30 bits per heavy atom. The molecule has 0 saturated carbocycles. The fourth-order valence-corrected chi connectivity index (χ4v) is 1.97. The van der Waals surface area contributed by atoms with Gasteiger partial charge in [0.15, 0.2) is 17.5 Å². The van der Waals surface area contributed by atoms with E-state index in [9.17, 15) is 13.2 Å². The monoisotopic (exact) mass is 285 g/mol. The van der Waals surface area contributed by atoms with Gasteiger partial charge in [-0.25, -0.2) is 23.3 Å². The maximum atomic E-state index is 13.3. The van der Waals surface area contributed by atoms with E-state index in [1.54, 1.807) is 4.68 Å². The highest BCUT2D eigenvalue weighted by Crippen LogP contribution is 2.24. The van der Waals surface area contributed by atoms with Gasteiger partial charge in [-0.1, -0.05) is 12.1 Å². The number of aromatic nitrogens is 3. The van der Waals surface area contributed by atoms with Crippen molar-refractivity contribution in [3.8, 4) is 0 Å². The van der Waals surface area contributed by atoms with Crippen LogP contribution >= 0.6 is 0 Å². The smallest absolute Gasteiger partial charge is 0.194 e. The number of rotatable bonds is 5. The fraction of sp³-hybridized carbons (Fsp3) is 0.333. The molecule has 8 heteroatoms. The molecule has 1 aromatic heterocycles. The van der Waals surface area contributed by atoms with E-state index in [0.717, 1.165) is 18.6 Å². The van der Waals surface area contributed by atoms with Crippen LogP contribution in [-0.4, -0.2) is 15.0 Å². The van der Waals surface area contributed by atoms with Gasteiger partial charge in [0.05, 0.1) is 17.9 Å². The van der Waals surface area contributed by atoms with E-state index >= 15 is 0 Å². The Hall–Kier alpha value is -1.93. The van der Waals surface area contributed by atoms with Gasteiger partial charge in [-0.3, -0.25) is 5.84 Å². The second-order valence-electron chi connectivity index (χ2n) is 4.28. The highest BCUT2D eigenvalue weighted by molar-refractivity contribution is 5.28. The first kappa shape index (κ1) is 14.5. The highest BCUT2D eigenvalue weighted by atomic mass is 19.2. The number of hydrogen-bond donors (Lipinski definition) is 2. The van der Waals surface area contributed by atoms with Crippen molar-refractivity contribution in [2.24, 2.45) is 5.84 Å². The number of hydrogen-bond acceptors (Lipinski definition) is 4. The lowest BCUT2D eigenvalue weighted by molar-refractivity contribution is 0.440. The lowest BCUT2D eigenvalue weighted by Crippen LogP contribution is -2.31. The molecule has 2 rings (SSSR count). The number of nitrogens with two attached hydrogens (primary N) is 1. The van der Waals surface area contributed by atoms with E-state index in [4.69, 9.17) is 5.84 Å². The van der Waals surface area contributed by atoms with Crippen molar-refractivity contribution < 1.29 is 13.2 Å². The molecule has 2 aromatic rings. The van der Waals surface area contributed by atoms with Crippen LogP contribution in [0, 0.1) is 17.5 Å². The first-order valence-corrected chi connectivity index (χ1v) is 6.07. The molecule has 3 N–H and O–H groups in total. The van der Waals surface area contributed by atoms with Crippen LogP contribution in [0.2, 0.25) is 0 Å². The Kier molecular flexibility index (Phi) is 4.35. The summed E-state index contributed by atoms with van der Waals surface area (Å²) < 4.78 is 41.2. The first-order valence-electron chi connectivity index (χ1n) is 6.07. The SMILES string of the molecule is CCCn1nncc1C(NN)c1cc(F)c(F)c(F)c1. The largest absolute Gasteiger partial charge is 0.271 e. The van der Waals surface area contributed by atoms with E-state index in [-0.39, 0.29) is 5.56 Å². The summed E-state index contributed by atoms with van der Waals surface area (Å²) in [5.74, 6) is 1.39. The molecule has 0 aliphatic heterocycles. The number of halogens is 3. The molecule has 0 amide bonds. The summed E-state index contributed by atoms with van der Waals surface area (Å²) in [6, 6.07) is 1.06. The Morgan fingerprint density at radius 2 is 1.95 bits per heavy atom. The molecule has 0 saturated heterocycles. The summed E-state index contributed by atoms with van der Waals surface area (Å²) in [6.07, 6.45) is 2.25. The predicted molar refractivity (Wildman–Crippen MR) is 65.8 cm³/mol. The van der Waals surface area contributed by atoms with Gasteiger partial charge in [0.2, 0.25) is 0 Å². The molecule has 1 heterocycles. The van der Waals surface area contributed by atoms with Gasteiger partial charge in [0, 0.05) is 6.54 Å². The van der Waals surface area contributed by atoms with Crippen molar-refractivity contribution in [1.82, 2.24) is 20.4 Å². The average Bonchev–Trinajstić information content (AvgIpc) is 2.86. The van der Waals surface area contributed by atoms with Gasteiger partial charge in [-0.05, 0) is 24.1 Å². The lowest BCUT2D eigenvalue weighted by atomic mass is 10.0. The van der Waals surface area contributed by atoms with Crippen LogP contribution in [0.15, 0.2) is 18.3 Å². The zero-order valence-corrected chi connectivity index (χ0v) is 10.8. The first-order chi connectivity index (χ1) is 9.58. The fourth-order valence-electron chi connectivity index (χ4n) is 1.97. The van der Waals surface area contributed by atoms with Gasteiger partial charge >= 0.3 is 0 Å². The Labute approximate surface area is 113 Å². The van der Waals surface area contributed by atoms with Crippen molar-refractivity contribution in [1.29, 1.82) is 0 Å². The van der Waals surface area contributed by atoms with Crippen LogP contribution in [-0.2, 0) is 6.54 Å². The number of aryl methyl sites for hydroxylation is 1. The van der Waals surface area contributed by atoms with Crippen molar-refractivity contribution in [3.05, 3.63) is 47.0 Å². The van der Waals surface area contributed by atoms with E-state index in [1.165, 1.54) is 6.20 Å². The third-order valence-corrected chi connectivity index (χ3v) is 2.88. The molecule has 0 spiro atoms. The van der Waals surface area contributed by atoms with E-state index in [2.05, 4.69) is 15.7 Å². The molecule has 5 nitrogen and oxygen atoms in total. The molecular weight excluding hydrogens is 271 g/mol. The Balaban J connectivity index is 2.44. The average molecular weight is 285 g/mol. The minimum Gasteiger partial charge on any atom is -0.271 e. The minimum absolute atomic E-state index is 0.156. The second-order valence-corrected chi connectivity index (χ2v) is 4.28. The van der Waals surface area contributed by atoms with Crippen LogP contribution in [0.25, 0.3) is 0 Å². The molecule has 0 aliphatic rings. The molecule has 0 fully saturated rings. The van der Waals surface area contributed by atoms with Gasteiger partial charge in [0.1, 0.15) is 0 Å². The van der Waals surface area contributed by atoms with Crippen molar-refractivity contribution in [2.75, 3.05) is 0 Å². The Bertz CT molecular complexity index is 576. The zero-order chi connectivity index (χ0) is 14.7. The second kappa shape index (κ2) is 6.02. The molecule has 0 bridgehead atoms. The van der Waals surface area contributed by atoms with Crippen LogP contribution < -0.4 is 11.3 Å². The summed E-state index contributed by atoms with van der Waals surface area (Å²) in [4.78, 5) is 0. The summed E-state index contributed by atoms with van der Waals surface area (Å²) in [5, 5.41) is 7.63. The van der Waals surface area contributed by atoms with Crippen LogP contribution in [0.1, 0.15) is 30.6 Å². The van der Waals surface area contributed by atoms with Crippen molar-refractivity contribution in [3.63, 3.8) is 0 Å². The topological polar surface area (TPSA) is 68.8 Å². The van der Waals surface area contributed by atoms with Gasteiger partial charge in [-0.15, -0.1) is 5.10 Å². The van der Waals surface area contributed by atoms with Gasteiger partial charge in [-0.2, -0.15) is 0 Å². The maximum Gasteiger partial charge on any atom is 0.194 e. The number of benzene rings is 1. The third-order valence-electron chi connectivity index (χ3n) is 2.88. The molecule has 0 aliphatic carbocycles. The Morgan fingerprint density at radius 3 is 2.50 bits per heavy atom. The predicted octanol–water partition coefficient (Wildman–Crippen LogP) is 1.66. The summed E-state index contributed by atoms with van der Waals surface area (Å²) in [5.41, 5.74) is 3.13. The van der Waals surface area contributed by atoms with E-state index in [1.807, 2.05) is 6.92 Å². The summed E-state index contributed by atoms with van der Waals surface area (Å²) in [6.45, 7) is 2.53. The minimum atomic E-state index is -1.51. The molecule has 1 atom stereocenters. The van der Waals surface area contributed by atoms with Crippen molar-refractivity contribution >= 4 is 0 Å². The van der Waals surface area contributed by atoms with E-state index in [0.29, 0.717) is 12.2 Å². The standard InChI is InChI=1S/C12H14F3N5/c1-2-3-20-10(6-17-19-20)12(18-16)7-4-8(13)11(15)9(14)5-7/h4-6,12,18H,2-3,16H2,1H3. The van der Waals surface area contributed by atoms with Crippen LogP contribution in [0.3, 0.4) is 0 Å². The molecule has 1 aromatic carbocycles. The highest BCUT2D eigenvalue weighted by Gasteiger charge is 2.21. The maximum absolute atomic E-state index is 13.3. The quantitative estimate of drug-likeness (QED) is 0.498. The van der Waals surface area contributed by atoms with Crippen molar-refractivity contribution in [2.45, 2.75) is 25.9 Å². The number of hydrazine groups is 1. The molecule has 0 radical (unpaired) electrons.